The van der Waals surface area contributed by atoms with Gasteiger partial charge in [-0.25, -0.2) is 0 Å². The number of aliphatic imine (C=N–C) groups is 1. The van der Waals surface area contributed by atoms with Crippen molar-refractivity contribution in [3.8, 4) is 5.75 Å². The van der Waals surface area contributed by atoms with Gasteiger partial charge in [-0.05, 0) is 30.7 Å². The predicted molar refractivity (Wildman–Crippen MR) is 94.5 cm³/mol. The molecular weight excluding hydrogens is 421 g/mol. The second-order valence-electron chi connectivity index (χ2n) is 3.85. The molecule has 1 aromatic rings. The maximum Gasteiger partial charge on any atom is 0.188 e. The molecule has 0 radical (unpaired) electrons. The maximum absolute atomic E-state index is 5.69. The van der Waals surface area contributed by atoms with Crippen LogP contribution < -0.4 is 15.8 Å². The van der Waals surface area contributed by atoms with Crippen molar-refractivity contribution in [2.75, 3.05) is 19.7 Å². The molecule has 0 unspecified atom stereocenters. The number of guanidine groups is 1. The average molecular weight is 442 g/mol. The van der Waals surface area contributed by atoms with E-state index in [0.717, 1.165) is 29.6 Å². The summed E-state index contributed by atoms with van der Waals surface area (Å²) in [5, 5.41) is 3.02. The summed E-state index contributed by atoms with van der Waals surface area (Å²) in [5.41, 5.74) is 5.69. The van der Waals surface area contributed by atoms with E-state index in [2.05, 4.69) is 33.2 Å². The molecule has 0 atom stereocenters. The average Bonchev–Trinajstić information content (AvgIpc) is 2.37. The largest absolute Gasteiger partial charge is 0.492 e. The molecule has 108 valence electrons. The highest BCUT2D eigenvalue weighted by Crippen LogP contribution is 2.15. The van der Waals surface area contributed by atoms with Gasteiger partial charge in [0.2, 0.25) is 0 Å². The first kappa shape index (κ1) is 18.5. The molecule has 0 amide bonds. The second kappa shape index (κ2) is 11.3. The summed E-state index contributed by atoms with van der Waals surface area (Å²) < 4.78 is 6.59. The van der Waals surface area contributed by atoms with Crippen LogP contribution >= 0.6 is 39.9 Å². The van der Waals surface area contributed by atoms with Crippen LogP contribution in [0.25, 0.3) is 0 Å². The second-order valence-corrected chi connectivity index (χ2v) is 4.77. The van der Waals surface area contributed by atoms with Crippen molar-refractivity contribution in [3.05, 3.63) is 28.7 Å². The number of hydrogen-bond donors (Lipinski definition) is 2. The zero-order valence-electron chi connectivity index (χ0n) is 11.1. The molecule has 0 aliphatic heterocycles. The Hall–Kier alpha value is -0.500. The van der Waals surface area contributed by atoms with E-state index < -0.39 is 0 Å². The minimum atomic E-state index is 0. The molecule has 0 aliphatic carbocycles. The summed E-state index contributed by atoms with van der Waals surface area (Å²) in [6.07, 6.45) is 2.20. The van der Waals surface area contributed by atoms with Gasteiger partial charge >= 0.3 is 0 Å². The van der Waals surface area contributed by atoms with Crippen LogP contribution in [0.5, 0.6) is 5.75 Å². The summed E-state index contributed by atoms with van der Waals surface area (Å²) in [4.78, 5) is 4.19. The number of ether oxygens (including phenoxy) is 1. The van der Waals surface area contributed by atoms with Crippen molar-refractivity contribution in [1.29, 1.82) is 0 Å². The molecule has 19 heavy (non-hydrogen) atoms. The van der Waals surface area contributed by atoms with Crippen molar-refractivity contribution >= 4 is 45.9 Å². The van der Waals surface area contributed by atoms with Gasteiger partial charge in [-0.1, -0.05) is 29.3 Å². The first-order valence-corrected chi connectivity index (χ1v) is 6.94. The molecule has 0 saturated heterocycles. The van der Waals surface area contributed by atoms with E-state index in [1.165, 1.54) is 0 Å². The highest BCUT2D eigenvalue weighted by Gasteiger charge is 1.94. The van der Waals surface area contributed by atoms with Gasteiger partial charge in [0, 0.05) is 11.0 Å². The number of nitrogens with one attached hydrogen (secondary N) is 1. The SMILES string of the molecule is CCCCN=C(N)NCCOc1ccc(Br)cc1.I. The summed E-state index contributed by atoms with van der Waals surface area (Å²) in [7, 11) is 0. The third-order valence-corrected chi connectivity index (χ3v) is 2.81. The number of rotatable bonds is 7. The lowest BCUT2D eigenvalue weighted by atomic mass is 10.3. The Bertz CT molecular complexity index is 371. The summed E-state index contributed by atoms with van der Waals surface area (Å²) >= 11 is 3.38. The first-order chi connectivity index (χ1) is 8.72. The van der Waals surface area contributed by atoms with Crippen LogP contribution in [0, 0.1) is 0 Å². The molecule has 0 aliphatic rings. The van der Waals surface area contributed by atoms with Crippen LogP contribution in [0.1, 0.15) is 19.8 Å². The fourth-order valence-corrected chi connectivity index (χ4v) is 1.56. The van der Waals surface area contributed by atoms with E-state index in [4.69, 9.17) is 10.5 Å². The Morgan fingerprint density at radius 2 is 2.05 bits per heavy atom. The Morgan fingerprint density at radius 3 is 2.68 bits per heavy atom. The third-order valence-electron chi connectivity index (χ3n) is 2.28. The van der Waals surface area contributed by atoms with E-state index in [-0.39, 0.29) is 24.0 Å². The molecule has 1 rings (SSSR count). The lowest BCUT2D eigenvalue weighted by Crippen LogP contribution is -2.34. The number of halogens is 2. The standard InChI is InChI=1S/C13H20BrN3O.HI/c1-2-3-8-16-13(15)17-9-10-18-12-6-4-11(14)5-7-12;/h4-7H,2-3,8-10H2,1H3,(H3,15,16,17);1H. The molecule has 4 nitrogen and oxygen atoms in total. The fraction of sp³-hybridized carbons (Fsp3) is 0.462. The number of hydrogen-bond acceptors (Lipinski definition) is 2. The van der Waals surface area contributed by atoms with Gasteiger partial charge in [-0.2, -0.15) is 0 Å². The summed E-state index contributed by atoms with van der Waals surface area (Å²) in [5.74, 6) is 1.34. The van der Waals surface area contributed by atoms with Crippen LogP contribution in [0.4, 0.5) is 0 Å². The molecule has 6 heteroatoms. The quantitative estimate of drug-likeness (QED) is 0.295. The molecule has 0 heterocycles. The minimum Gasteiger partial charge on any atom is -0.492 e. The van der Waals surface area contributed by atoms with Crippen LogP contribution in [0.2, 0.25) is 0 Å². The Labute approximate surface area is 140 Å². The van der Waals surface area contributed by atoms with Gasteiger partial charge in [0.1, 0.15) is 12.4 Å². The molecule has 3 N–H and O–H groups in total. The molecule has 1 aromatic carbocycles. The summed E-state index contributed by atoms with van der Waals surface area (Å²) in [6.45, 7) is 4.12. The van der Waals surface area contributed by atoms with Crippen molar-refractivity contribution in [1.82, 2.24) is 5.32 Å². The van der Waals surface area contributed by atoms with Gasteiger partial charge < -0.3 is 15.8 Å². The Kier molecular flexibility index (Phi) is 11.0. The van der Waals surface area contributed by atoms with Crippen molar-refractivity contribution in [3.63, 3.8) is 0 Å². The molecule has 0 bridgehead atoms. The van der Waals surface area contributed by atoms with Gasteiger partial charge in [0.05, 0.1) is 6.54 Å². The number of benzene rings is 1. The third kappa shape index (κ3) is 9.10. The van der Waals surface area contributed by atoms with Gasteiger partial charge in [-0.15, -0.1) is 24.0 Å². The zero-order chi connectivity index (χ0) is 13.2. The molecule has 0 aromatic heterocycles. The molecule has 0 saturated carbocycles. The normalized spacial score (nSPS) is 10.7. The smallest absolute Gasteiger partial charge is 0.188 e. The fourth-order valence-electron chi connectivity index (χ4n) is 1.29. The lowest BCUT2D eigenvalue weighted by Gasteiger charge is -2.08. The minimum absolute atomic E-state index is 0. The zero-order valence-corrected chi connectivity index (χ0v) is 15.0. The number of unbranched alkanes of at least 4 members (excludes halogenated alkanes) is 1. The van der Waals surface area contributed by atoms with E-state index in [1.807, 2.05) is 24.3 Å². The predicted octanol–water partition coefficient (Wildman–Crippen LogP) is 3.15. The topological polar surface area (TPSA) is 59.6 Å². The van der Waals surface area contributed by atoms with Crippen LogP contribution in [0.3, 0.4) is 0 Å². The van der Waals surface area contributed by atoms with Crippen molar-refractivity contribution in [2.45, 2.75) is 19.8 Å². The van der Waals surface area contributed by atoms with E-state index in [1.54, 1.807) is 0 Å². The highest BCUT2D eigenvalue weighted by atomic mass is 127. The monoisotopic (exact) mass is 441 g/mol. The van der Waals surface area contributed by atoms with Gasteiger partial charge in [0.15, 0.2) is 5.96 Å². The summed E-state index contributed by atoms with van der Waals surface area (Å²) in [6, 6.07) is 7.73. The van der Waals surface area contributed by atoms with Gasteiger partial charge in [-0.3, -0.25) is 4.99 Å². The number of nitrogens with zero attached hydrogens (tertiary/aromatic N) is 1. The van der Waals surface area contributed by atoms with Crippen molar-refractivity contribution in [2.24, 2.45) is 10.7 Å². The lowest BCUT2D eigenvalue weighted by molar-refractivity contribution is 0.322. The van der Waals surface area contributed by atoms with Crippen LogP contribution in [0.15, 0.2) is 33.7 Å². The number of nitrogens with two attached hydrogens (primary N) is 1. The molecular formula is C13H21BrIN3O. The first-order valence-electron chi connectivity index (χ1n) is 6.14. The molecule has 0 spiro atoms. The maximum atomic E-state index is 5.69. The highest BCUT2D eigenvalue weighted by molar-refractivity contribution is 14.0. The van der Waals surface area contributed by atoms with E-state index >= 15 is 0 Å². The van der Waals surface area contributed by atoms with Gasteiger partial charge in [0.25, 0.3) is 0 Å². The molecule has 0 fully saturated rings. The van der Waals surface area contributed by atoms with E-state index in [0.29, 0.717) is 19.1 Å². The Morgan fingerprint density at radius 1 is 1.37 bits per heavy atom. The van der Waals surface area contributed by atoms with Crippen LogP contribution in [-0.2, 0) is 0 Å². The van der Waals surface area contributed by atoms with Crippen LogP contribution in [-0.4, -0.2) is 25.7 Å². The Balaban J connectivity index is 0.00000324. The van der Waals surface area contributed by atoms with Crippen molar-refractivity contribution < 1.29 is 4.74 Å². The van der Waals surface area contributed by atoms with E-state index in [9.17, 15) is 0 Å².